The van der Waals surface area contributed by atoms with Crippen LogP contribution in [0.25, 0.3) is 0 Å². The number of rotatable bonds is 6. The van der Waals surface area contributed by atoms with Gasteiger partial charge in [0.15, 0.2) is 0 Å². The van der Waals surface area contributed by atoms with Crippen molar-refractivity contribution in [3.63, 3.8) is 0 Å². The third-order valence-corrected chi connectivity index (χ3v) is 7.95. The fourth-order valence-corrected chi connectivity index (χ4v) is 5.45. The predicted octanol–water partition coefficient (Wildman–Crippen LogP) is 4.28. The number of nitrogens with one attached hydrogen (secondary N) is 1. The van der Waals surface area contributed by atoms with E-state index in [1.54, 1.807) is 24.3 Å². The minimum absolute atomic E-state index is 0.0658. The molecule has 5 nitrogen and oxygen atoms in total. The van der Waals surface area contributed by atoms with Crippen LogP contribution in [0.15, 0.2) is 47.4 Å². The van der Waals surface area contributed by atoms with Crippen LogP contribution in [0.1, 0.15) is 54.5 Å². The van der Waals surface area contributed by atoms with E-state index in [1.165, 1.54) is 15.4 Å². The summed E-state index contributed by atoms with van der Waals surface area (Å²) < 4.78 is 27.5. The standard InChI is InChI=1S/C24H32N2O3S/c1-5-23(20-11-10-18(3)19(4)15-20)25-24(27)21-7-6-14-26(16-21)30(28,29)22-12-8-17(2)9-13-22/h8-13,15,21,23H,5-7,14,16H2,1-4H3,(H,25,27)/t21-,23+/m0/s1. The van der Waals surface area contributed by atoms with Crippen LogP contribution in [0.2, 0.25) is 0 Å². The summed E-state index contributed by atoms with van der Waals surface area (Å²) in [6, 6.07) is 13.1. The molecule has 0 aliphatic carbocycles. The molecule has 2 aromatic carbocycles. The largest absolute Gasteiger partial charge is 0.349 e. The summed E-state index contributed by atoms with van der Waals surface area (Å²) in [4.78, 5) is 13.3. The van der Waals surface area contributed by atoms with Gasteiger partial charge in [0.05, 0.1) is 16.9 Å². The van der Waals surface area contributed by atoms with E-state index in [4.69, 9.17) is 0 Å². The molecular formula is C24H32N2O3S. The molecular weight excluding hydrogens is 396 g/mol. The number of nitrogens with zero attached hydrogens (tertiary/aromatic N) is 1. The smallest absolute Gasteiger partial charge is 0.243 e. The number of amides is 1. The van der Waals surface area contributed by atoms with Crippen molar-refractivity contribution in [1.29, 1.82) is 0 Å². The first kappa shape index (κ1) is 22.5. The van der Waals surface area contributed by atoms with E-state index < -0.39 is 10.0 Å². The van der Waals surface area contributed by atoms with Gasteiger partial charge in [0.2, 0.25) is 15.9 Å². The van der Waals surface area contributed by atoms with Gasteiger partial charge in [-0.25, -0.2) is 8.42 Å². The maximum Gasteiger partial charge on any atom is 0.243 e. The quantitative estimate of drug-likeness (QED) is 0.747. The van der Waals surface area contributed by atoms with Crippen molar-refractivity contribution in [3.05, 3.63) is 64.7 Å². The summed E-state index contributed by atoms with van der Waals surface area (Å²) in [5.41, 5.74) is 4.54. The highest BCUT2D eigenvalue weighted by Gasteiger charge is 2.33. The van der Waals surface area contributed by atoms with Gasteiger partial charge in [-0.1, -0.05) is 42.8 Å². The number of carbonyl (C=O) groups excluding carboxylic acids is 1. The molecule has 1 fully saturated rings. The van der Waals surface area contributed by atoms with E-state index in [2.05, 4.69) is 44.3 Å². The zero-order valence-corrected chi connectivity index (χ0v) is 19.1. The van der Waals surface area contributed by atoms with Crippen molar-refractivity contribution in [1.82, 2.24) is 9.62 Å². The fourth-order valence-electron chi connectivity index (χ4n) is 3.93. The molecule has 1 aliphatic rings. The molecule has 0 unspecified atom stereocenters. The van der Waals surface area contributed by atoms with Crippen LogP contribution in [0.5, 0.6) is 0 Å². The summed E-state index contributed by atoms with van der Waals surface area (Å²) in [5, 5.41) is 3.16. The molecule has 6 heteroatoms. The maximum atomic E-state index is 13.0. The first-order valence-corrected chi connectivity index (χ1v) is 12.1. The lowest BCUT2D eigenvalue weighted by atomic mass is 9.96. The number of hydrogen-bond donors (Lipinski definition) is 1. The Labute approximate surface area is 180 Å². The number of piperidine rings is 1. The molecule has 1 aliphatic heterocycles. The second kappa shape index (κ2) is 9.31. The Kier molecular flexibility index (Phi) is 6.98. The Hall–Kier alpha value is -2.18. The lowest BCUT2D eigenvalue weighted by Crippen LogP contribution is -2.46. The summed E-state index contributed by atoms with van der Waals surface area (Å²) in [6.07, 6.45) is 2.17. The van der Waals surface area contributed by atoms with E-state index in [0.29, 0.717) is 19.4 Å². The van der Waals surface area contributed by atoms with Crippen LogP contribution in [0.4, 0.5) is 0 Å². The summed E-state index contributed by atoms with van der Waals surface area (Å²) in [5.74, 6) is -0.400. The molecule has 0 spiro atoms. The molecule has 2 aromatic rings. The zero-order chi connectivity index (χ0) is 21.9. The molecule has 30 heavy (non-hydrogen) atoms. The number of aryl methyl sites for hydroxylation is 3. The molecule has 3 rings (SSSR count). The second-order valence-corrected chi connectivity index (χ2v) is 10.3. The Morgan fingerprint density at radius 2 is 1.80 bits per heavy atom. The van der Waals surface area contributed by atoms with E-state index in [-0.39, 0.29) is 29.3 Å². The van der Waals surface area contributed by atoms with E-state index >= 15 is 0 Å². The fraction of sp³-hybridized carbons (Fsp3) is 0.458. The van der Waals surface area contributed by atoms with Crippen molar-refractivity contribution < 1.29 is 13.2 Å². The van der Waals surface area contributed by atoms with Gasteiger partial charge in [0.1, 0.15) is 0 Å². The average molecular weight is 429 g/mol. The van der Waals surface area contributed by atoms with E-state index in [0.717, 1.165) is 17.5 Å². The molecule has 0 aromatic heterocycles. The highest BCUT2D eigenvalue weighted by atomic mass is 32.2. The van der Waals surface area contributed by atoms with Gasteiger partial charge < -0.3 is 5.32 Å². The molecule has 0 saturated carbocycles. The van der Waals surface area contributed by atoms with Gasteiger partial charge >= 0.3 is 0 Å². The Morgan fingerprint density at radius 1 is 1.10 bits per heavy atom. The number of sulfonamides is 1. The van der Waals surface area contributed by atoms with Crippen molar-refractivity contribution in [2.45, 2.75) is 57.9 Å². The summed E-state index contributed by atoms with van der Waals surface area (Å²) in [6.45, 7) is 8.80. The predicted molar refractivity (Wildman–Crippen MR) is 120 cm³/mol. The van der Waals surface area contributed by atoms with Gasteiger partial charge in [0.25, 0.3) is 0 Å². The second-order valence-electron chi connectivity index (χ2n) is 8.33. The van der Waals surface area contributed by atoms with Crippen molar-refractivity contribution in [2.75, 3.05) is 13.1 Å². The minimum atomic E-state index is -3.59. The van der Waals surface area contributed by atoms with Crippen LogP contribution < -0.4 is 5.32 Å². The molecule has 162 valence electrons. The normalized spacial score (nSPS) is 18.7. The maximum absolute atomic E-state index is 13.0. The van der Waals surface area contributed by atoms with Crippen LogP contribution in [0, 0.1) is 26.7 Å². The first-order chi connectivity index (χ1) is 14.2. The van der Waals surface area contributed by atoms with Crippen LogP contribution in [0.3, 0.4) is 0 Å². The van der Waals surface area contributed by atoms with Gasteiger partial charge in [-0.15, -0.1) is 0 Å². The third kappa shape index (κ3) is 4.93. The topological polar surface area (TPSA) is 66.5 Å². The van der Waals surface area contributed by atoms with E-state index in [9.17, 15) is 13.2 Å². The van der Waals surface area contributed by atoms with Crippen molar-refractivity contribution in [2.24, 2.45) is 5.92 Å². The molecule has 0 bridgehead atoms. The zero-order valence-electron chi connectivity index (χ0n) is 18.3. The van der Waals surface area contributed by atoms with Gasteiger partial charge in [0, 0.05) is 13.1 Å². The van der Waals surface area contributed by atoms with E-state index in [1.807, 2.05) is 6.92 Å². The Balaban J connectivity index is 1.71. The lowest BCUT2D eigenvalue weighted by Gasteiger charge is -2.32. The van der Waals surface area contributed by atoms with Crippen molar-refractivity contribution in [3.8, 4) is 0 Å². The van der Waals surface area contributed by atoms with Crippen LogP contribution in [-0.4, -0.2) is 31.7 Å². The highest BCUT2D eigenvalue weighted by molar-refractivity contribution is 7.89. The van der Waals surface area contributed by atoms with Gasteiger partial charge in [-0.3, -0.25) is 4.79 Å². The summed E-state index contributed by atoms with van der Waals surface area (Å²) in [7, 11) is -3.59. The van der Waals surface area contributed by atoms with Gasteiger partial charge in [-0.05, 0) is 68.9 Å². The van der Waals surface area contributed by atoms with Crippen LogP contribution in [-0.2, 0) is 14.8 Å². The SMILES string of the molecule is CC[C@@H](NC(=O)[C@H]1CCCN(S(=O)(=O)c2ccc(C)cc2)C1)c1ccc(C)c(C)c1. The lowest BCUT2D eigenvalue weighted by molar-refractivity contribution is -0.126. The molecule has 1 amide bonds. The number of carbonyl (C=O) groups is 1. The monoisotopic (exact) mass is 428 g/mol. The molecule has 1 saturated heterocycles. The molecule has 0 radical (unpaired) electrons. The Morgan fingerprint density at radius 3 is 2.43 bits per heavy atom. The third-order valence-electron chi connectivity index (χ3n) is 6.07. The number of benzene rings is 2. The summed E-state index contributed by atoms with van der Waals surface area (Å²) >= 11 is 0. The average Bonchev–Trinajstić information content (AvgIpc) is 2.74. The highest BCUT2D eigenvalue weighted by Crippen LogP contribution is 2.26. The van der Waals surface area contributed by atoms with Gasteiger partial charge in [-0.2, -0.15) is 4.31 Å². The Bertz CT molecular complexity index is 1000. The molecule has 1 heterocycles. The molecule has 1 N–H and O–H groups in total. The van der Waals surface area contributed by atoms with Crippen molar-refractivity contribution >= 4 is 15.9 Å². The first-order valence-electron chi connectivity index (χ1n) is 10.7. The minimum Gasteiger partial charge on any atom is -0.349 e. The number of hydrogen-bond acceptors (Lipinski definition) is 3. The van der Waals surface area contributed by atoms with Crippen LogP contribution >= 0.6 is 0 Å². The molecule has 2 atom stereocenters.